The molecule has 1 aromatic rings. The molecule has 2 bridgehead atoms. The smallest absolute Gasteiger partial charge is 0.393 e. The summed E-state index contributed by atoms with van der Waals surface area (Å²) in [6.45, 7) is 0. The van der Waals surface area contributed by atoms with Crippen LogP contribution in [0, 0.1) is 11.8 Å². The molecular formula is C15H11NO6. The van der Waals surface area contributed by atoms with E-state index in [1.807, 2.05) is 0 Å². The second-order valence-electron chi connectivity index (χ2n) is 5.23. The molecule has 4 rings (SSSR count). The Hall–Kier alpha value is -2.67. The summed E-state index contributed by atoms with van der Waals surface area (Å²) in [5.74, 6) is -2.12. The van der Waals surface area contributed by atoms with E-state index in [4.69, 9.17) is 14.3 Å². The lowest BCUT2D eigenvalue weighted by Gasteiger charge is -2.15. The normalized spacial score (nSPS) is 31.5. The molecule has 0 spiro atoms. The zero-order valence-electron chi connectivity index (χ0n) is 11.2. The molecule has 2 unspecified atom stereocenters. The van der Waals surface area contributed by atoms with Gasteiger partial charge in [0.05, 0.1) is 24.0 Å². The molecule has 7 nitrogen and oxygen atoms in total. The Kier molecular flexibility index (Phi) is 2.77. The van der Waals surface area contributed by atoms with Crippen LogP contribution in [0.15, 0.2) is 42.5 Å². The maximum Gasteiger partial charge on any atom is 0.539 e. The van der Waals surface area contributed by atoms with Crippen LogP contribution in [0.4, 0.5) is 4.79 Å². The standard InChI is InChI=1S/C15H11NO6/c17-13-11-9-6-7-10(21-9)12(11)14(18)16(13)22-15(19)20-8-4-2-1-3-5-8/h1-7,9-12H/t9-,10+,11?,12?. The number of fused-ring (bicyclic) bond motifs is 5. The fourth-order valence-corrected chi connectivity index (χ4v) is 3.04. The highest BCUT2D eigenvalue weighted by atomic mass is 16.8. The molecule has 1 aromatic carbocycles. The topological polar surface area (TPSA) is 82.1 Å². The summed E-state index contributed by atoms with van der Waals surface area (Å²) < 4.78 is 10.4. The number of hydroxylamine groups is 2. The van der Waals surface area contributed by atoms with Gasteiger partial charge in [-0.25, -0.2) is 4.79 Å². The molecule has 0 N–H and O–H groups in total. The fourth-order valence-electron chi connectivity index (χ4n) is 3.04. The van der Waals surface area contributed by atoms with Crippen LogP contribution < -0.4 is 4.74 Å². The first kappa shape index (κ1) is 13.0. The quantitative estimate of drug-likeness (QED) is 0.351. The number of nitrogens with zero attached hydrogens (tertiary/aromatic N) is 1. The number of carbonyl (C=O) groups excluding carboxylic acids is 3. The molecule has 3 aliphatic heterocycles. The fraction of sp³-hybridized carbons (Fsp3) is 0.267. The van der Waals surface area contributed by atoms with Crippen molar-refractivity contribution >= 4 is 18.0 Å². The zero-order valence-corrected chi connectivity index (χ0v) is 11.2. The molecule has 2 saturated heterocycles. The highest BCUT2D eigenvalue weighted by molar-refractivity contribution is 6.06. The van der Waals surface area contributed by atoms with Crippen molar-refractivity contribution in [2.45, 2.75) is 12.2 Å². The van der Waals surface area contributed by atoms with Crippen LogP contribution in [0.3, 0.4) is 0 Å². The molecule has 112 valence electrons. The Morgan fingerprint density at radius 2 is 1.59 bits per heavy atom. The third-order valence-corrected chi connectivity index (χ3v) is 3.98. The van der Waals surface area contributed by atoms with Crippen LogP contribution >= 0.6 is 0 Å². The summed E-state index contributed by atoms with van der Waals surface area (Å²) in [5.41, 5.74) is 0. The van der Waals surface area contributed by atoms with Crippen molar-refractivity contribution in [2.24, 2.45) is 11.8 Å². The third kappa shape index (κ3) is 1.82. The van der Waals surface area contributed by atoms with Gasteiger partial charge in [-0.05, 0) is 12.1 Å². The molecule has 2 fully saturated rings. The predicted octanol–water partition coefficient (Wildman–Crippen LogP) is 1.06. The lowest BCUT2D eigenvalue weighted by molar-refractivity contribution is -0.179. The van der Waals surface area contributed by atoms with Crippen LogP contribution in [-0.4, -0.2) is 35.2 Å². The van der Waals surface area contributed by atoms with E-state index in [1.54, 1.807) is 42.5 Å². The van der Waals surface area contributed by atoms with Crippen LogP contribution in [0.5, 0.6) is 5.75 Å². The van der Waals surface area contributed by atoms with Gasteiger partial charge in [0.2, 0.25) is 0 Å². The van der Waals surface area contributed by atoms with Gasteiger partial charge in [-0.1, -0.05) is 35.4 Å². The van der Waals surface area contributed by atoms with E-state index in [0.29, 0.717) is 5.06 Å². The van der Waals surface area contributed by atoms with Gasteiger partial charge < -0.3 is 9.47 Å². The molecule has 4 atom stereocenters. The predicted molar refractivity (Wildman–Crippen MR) is 70.2 cm³/mol. The Balaban J connectivity index is 1.47. The second kappa shape index (κ2) is 4.67. The molecule has 2 amide bonds. The van der Waals surface area contributed by atoms with Crippen molar-refractivity contribution in [2.75, 3.05) is 0 Å². The molecule has 0 aromatic heterocycles. The van der Waals surface area contributed by atoms with Crippen LogP contribution in [0.2, 0.25) is 0 Å². The van der Waals surface area contributed by atoms with Gasteiger partial charge in [0.25, 0.3) is 11.8 Å². The van der Waals surface area contributed by atoms with E-state index >= 15 is 0 Å². The number of rotatable bonds is 2. The molecule has 0 aliphatic carbocycles. The number of benzene rings is 1. The second-order valence-corrected chi connectivity index (χ2v) is 5.23. The van der Waals surface area contributed by atoms with E-state index in [2.05, 4.69) is 0 Å². The van der Waals surface area contributed by atoms with Crippen molar-refractivity contribution in [1.29, 1.82) is 0 Å². The minimum atomic E-state index is -1.13. The average molecular weight is 301 g/mol. The highest BCUT2D eigenvalue weighted by Gasteiger charge is 2.62. The Bertz CT molecular complexity index is 655. The molecule has 22 heavy (non-hydrogen) atoms. The Morgan fingerprint density at radius 1 is 1.00 bits per heavy atom. The zero-order chi connectivity index (χ0) is 15.3. The summed E-state index contributed by atoms with van der Waals surface area (Å²) in [6, 6.07) is 8.23. The van der Waals surface area contributed by atoms with E-state index in [1.165, 1.54) is 0 Å². The van der Waals surface area contributed by atoms with Gasteiger partial charge >= 0.3 is 6.16 Å². The van der Waals surface area contributed by atoms with E-state index in [-0.39, 0.29) is 5.75 Å². The number of hydrogen-bond donors (Lipinski definition) is 0. The van der Waals surface area contributed by atoms with Crippen molar-refractivity contribution in [3.63, 3.8) is 0 Å². The lowest BCUT2D eigenvalue weighted by Crippen LogP contribution is -2.37. The van der Waals surface area contributed by atoms with Crippen LogP contribution in [0.1, 0.15) is 0 Å². The van der Waals surface area contributed by atoms with Crippen LogP contribution in [-0.2, 0) is 19.2 Å². The first-order chi connectivity index (χ1) is 10.6. The minimum Gasteiger partial charge on any atom is -0.393 e. The summed E-state index contributed by atoms with van der Waals surface area (Å²) in [6.07, 6.45) is 1.52. The van der Waals surface area contributed by atoms with Gasteiger partial charge in [0.15, 0.2) is 0 Å². The maximum absolute atomic E-state index is 12.2. The Morgan fingerprint density at radius 3 is 2.18 bits per heavy atom. The largest absolute Gasteiger partial charge is 0.539 e. The first-order valence-electron chi connectivity index (χ1n) is 6.81. The summed E-state index contributed by atoms with van der Waals surface area (Å²) in [5, 5.41) is 0.496. The van der Waals surface area contributed by atoms with Gasteiger partial charge in [-0.2, -0.15) is 0 Å². The van der Waals surface area contributed by atoms with Gasteiger partial charge in [0.1, 0.15) is 5.75 Å². The van der Waals surface area contributed by atoms with Crippen molar-refractivity contribution in [3.8, 4) is 5.75 Å². The third-order valence-electron chi connectivity index (χ3n) is 3.98. The average Bonchev–Trinajstić information content (AvgIpc) is 3.18. The van der Waals surface area contributed by atoms with Gasteiger partial charge in [0, 0.05) is 0 Å². The first-order valence-corrected chi connectivity index (χ1v) is 6.81. The molecule has 0 saturated carbocycles. The molecular weight excluding hydrogens is 290 g/mol. The molecule has 7 heteroatoms. The molecule has 3 heterocycles. The number of imide groups is 1. The summed E-state index contributed by atoms with van der Waals surface area (Å²) in [7, 11) is 0. The van der Waals surface area contributed by atoms with Crippen molar-refractivity contribution in [3.05, 3.63) is 42.5 Å². The van der Waals surface area contributed by atoms with Crippen molar-refractivity contribution < 1.29 is 28.7 Å². The number of hydrogen-bond acceptors (Lipinski definition) is 6. The van der Waals surface area contributed by atoms with E-state index < -0.39 is 42.0 Å². The lowest BCUT2D eigenvalue weighted by atomic mass is 9.85. The number of ether oxygens (including phenoxy) is 2. The number of amides is 2. The van der Waals surface area contributed by atoms with E-state index in [0.717, 1.165) is 0 Å². The van der Waals surface area contributed by atoms with E-state index in [9.17, 15) is 14.4 Å². The number of para-hydroxylation sites is 1. The molecule has 3 aliphatic rings. The van der Waals surface area contributed by atoms with Gasteiger partial charge in [-0.3, -0.25) is 14.4 Å². The SMILES string of the molecule is O=C(Oc1ccccc1)ON1C(=O)C2C(C1=O)[C@H]1C=C[C@@H]2O1. The molecule has 0 radical (unpaired) electrons. The summed E-state index contributed by atoms with van der Waals surface area (Å²) in [4.78, 5) is 41.0. The minimum absolute atomic E-state index is 0.261. The van der Waals surface area contributed by atoms with Crippen molar-refractivity contribution in [1.82, 2.24) is 5.06 Å². The highest BCUT2D eigenvalue weighted by Crippen LogP contribution is 2.45. The Labute approximate surface area is 125 Å². The maximum atomic E-state index is 12.2. The monoisotopic (exact) mass is 301 g/mol. The van der Waals surface area contributed by atoms with Gasteiger partial charge in [-0.15, -0.1) is 0 Å². The van der Waals surface area contributed by atoms with Crippen LogP contribution in [0.25, 0.3) is 0 Å². The number of carbonyl (C=O) groups is 3. The summed E-state index contributed by atoms with van der Waals surface area (Å²) >= 11 is 0.